The van der Waals surface area contributed by atoms with Crippen molar-refractivity contribution < 1.29 is 19.4 Å². The molecule has 0 radical (unpaired) electrons. The van der Waals surface area contributed by atoms with Crippen LogP contribution in [-0.2, 0) is 14.3 Å². The van der Waals surface area contributed by atoms with Crippen molar-refractivity contribution >= 4 is 11.9 Å². The van der Waals surface area contributed by atoms with Crippen LogP contribution >= 0.6 is 0 Å². The Morgan fingerprint density at radius 2 is 2.15 bits per heavy atom. The molecule has 1 aliphatic carbocycles. The van der Waals surface area contributed by atoms with Crippen molar-refractivity contribution in [3.8, 4) is 0 Å². The van der Waals surface area contributed by atoms with E-state index in [9.17, 15) is 14.7 Å². The van der Waals surface area contributed by atoms with Gasteiger partial charge in [0.15, 0.2) is 0 Å². The van der Waals surface area contributed by atoms with Crippen LogP contribution in [0.25, 0.3) is 0 Å². The molecule has 2 aliphatic rings. The summed E-state index contributed by atoms with van der Waals surface area (Å²) in [5.41, 5.74) is 4.28. The number of carboxylic acids is 1. The number of rotatable bonds is 3. The lowest BCUT2D eigenvalue weighted by Crippen LogP contribution is -2.61. The standard InChI is InChI=1S/C14H24N2O4/c1-9-4-3-5-14(15,6-9)11(17)16-10-7-20-8-13(10,2)12(18)19/h9-10H,3-8,15H2,1-2H3,(H,16,17)(H,18,19). The highest BCUT2D eigenvalue weighted by Gasteiger charge is 2.49. The summed E-state index contributed by atoms with van der Waals surface area (Å²) >= 11 is 0. The van der Waals surface area contributed by atoms with Gasteiger partial charge in [-0.05, 0) is 25.7 Å². The highest BCUT2D eigenvalue weighted by atomic mass is 16.5. The maximum atomic E-state index is 12.4. The van der Waals surface area contributed by atoms with Crippen LogP contribution in [-0.4, -0.2) is 41.8 Å². The smallest absolute Gasteiger partial charge is 0.313 e. The van der Waals surface area contributed by atoms with E-state index >= 15 is 0 Å². The maximum absolute atomic E-state index is 12.4. The molecule has 0 aromatic rings. The highest BCUT2D eigenvalue weighted by Crippen LogP contribution is 2.33. The van der Waals surface area contributed by atoms with Crippen molar-refractivity contribution in [3.05, 3.63) is 0 Å². The van der Waals surface area contributed by atoms with Gasteiger partial charge >= 0.3 is 5.97 Å². The number of carboxylic acid groups (broad SMARTS) is 1. The summed E-state index contributed by atoms with van der Waals surface area (Å²) in [4.78, 5) is 23.8. The molecule has 20 heavy (non-hydrogen) atoms. The van der Waals surface area contributed by atoms with E-state index < -0.39 is 23.0 Å². The predicted octanol–water partition coefficient (Wildman–Crippen LogP) is 0.500. The fourth-order valence-electron chi connectivity index (χ4n) is 3.19. The van der Waals surface area contributed by atoms with Crippen molar-refractivity contribution in [2.24, 2.45) is 17.1 Å². The second-order valence-corrected chi connectivity index (χ2v) is 6.62. The molecule has 0 aromatic heterocycles. The molecular formula is C14H24N2O4. The summed E-state index contributed by atoms with van der Waals surface area (Å²) < 4.78 is 5.24. The molecule has 6 nitrogen and oxygen atoms in total. The van der Waals surface area contributed by atoms with E-state index in [1.165, 1.54) is 0 Å². The van der Waals surface area contributed by atoms with Crippen LogP contribution in [0.5, 0.6) is 0 Å². The molecule has 1 saturated heterocycles. The van der Waals surface area contributed by atoms with Gasteiger partial charge in [-0.1, -0.05) is 19.8 Å². The quantitative estimate of drug-likeness (QED) is 0.700. The fraction of sp³-hybridized carbons (Fsp3) is 0.857. The fourth-order valence-corrected chi connectivity index (χ4v) is 3.19. The molecule has 2 rings (SSSR count). The molecule has 4 atom stereocenters. The number of carbonyl (C=O) groups is 2. The number of hydrogen-bond acceptors (Lipinski definition) is 4. The van der Waals surface area contributed by atoms with E-state index in [4.69, 9.17) is 10.5 Å². The summed E-state index contributed by atoms with van der Waals surface area (Å²) in [5, 5.41) is 12.1. The molecule has 2 fully saturated rings. The lowest BCUT2D eigenvalue weighted by Gasteiger charge is -2.37. The first-order valence-corrected chi connectivity index (χ1v) is 7.19. The van der Waals surface area contributed by atoms with E-state index in [0.29, 0.717) is 18.8 Å². The van der Waals surface area contributed by atoms with Crippen LogP contribution in [0.4, 0.5) is 0 Å². The molecular weight excluding hydrogens is 260 g/mol. The molecule has 4 unspecified atom stereocenters. The molecule has 1 heterocycles. The average molecular weight is 284 g/mol. The highest BCUT2D eigenvalue weighted by molar-refractivity contribution is 5.87. The number of hydrogen-bond donors (Lipinski definition) is 3. The summed E-state index contributed by atoms with van der Waals surface area (Å²) in [5.74, 6) is -0.777. The van der Waals surface area contributed by atoms with Gasteiger partial charge < -0.3 is 20.9 Å². The molecule has 0 bridgehead atoms. The van der Waals surface area contributed by atoms with Gasteiger partial charge in [0.25, 0.3) is 0 Å². The third kappa shape index (κ3) is 2.67. The van der Waals surface area contributed by atoms with Crippen LogP contribution in [0.3, 0.4) is 0 Å². The Balaban J connectivity index is 2.06. The van der Waals surface area contributed by atoms with Crippen LogP contribution in [0.15, 0.2) is 0 Å². The van der Waals surface area contributed by atoms with E-state index in [1.54, 1.807) is 6.92 Å². The van der Waals surface area contributed by atoms with Gasteiger partial charge in [0.05, 0.1) is 24.8 Å². The molecule has 1 aliphatic heterocycles. The first-order valence-electron chi connectivity index (χ1n) is 7.19. The van der Waals surface area contributed by atoms with Gasteiger partial charge in [0.2, 0.25) is 5.91 Å². The number of ether oxygens (including phenoxy) is 1. The molecule has 0 spiro atoms. The SMILES string of the molecule is CC1CCCC(N)(C(=O)NC2COCC2(C)C(=O)O)C1. The molecule has 1 saturated carbocycles. The Hall–Kier alpha value is -1.14. The largest absolute Gasteiger partial charge is 0.481 e. The lowest BCUT2D eigenvalue weighted by atomic mass is 9.76. The summed E-state index contributed by atoms with van der Waals surface area (Å²) in [7, 11) is 0. The van der Waals surface area contributed by atoms with E-state index in [2.05, 4.69) is 12.2 Å². The van der Waals surface area contributed by atoms with Gasteiger partial charge in [0.1, 0.15) is 5.41 Å². The first-order chi connectivity index (χ1) is 9.28. The predicted molar refractivity (Wildman–Crippen MR) is 73.0 cm³/mol. The van der Waals surface area contributed by atoms with E-state index in [0.717, 1.165) is 12.8 Å². The summed E-state index contributed by atoms with van der Waals surface area (Å²) in [6.07, 6.45) is 3.32. The Morgan fingerprint density at radius 1 is 1.45 bits per heavy atom. The number of carbonyl (C=O) groups excluding carboxylic acids is 1. The lowest BCUT2D eigenvalue weighted by molar-refractivity contribution is -0.149. The van der Waals surface area contributed by atoms with Crippen LogP contribution < -0.4 is 11.1 Å². The van der Waals surface area contributed by atoms with E-state index in [1.807, 2.05) is 0 Å². The minimum atomic E-state index is -1.08. The average Bonchev–Trinajstić information content (AvgIpc) is 2.72. The Labute approximate surface area is 119 Å². The van der Waals surface area contributed by atoms with Gasteiger partial charge in [-0.25, -0.2) is 0 Å². The topological polar surface area (TPSA) is 102 Å². The zero-order valence-electron chi connectivity index (χ0n) is 12.1. The molecule has 6 heteroatoms. The Morgan fingerprint density at radius 3 is 2.75 bits per heavy atom. The number of amides is 1. The third-order valence-electron chi connectivity index (χ3n) is 4.73. The van der Waals surface area contributed by atoms with Crippen LogP contribution in [0, 0.1) is 11.3 Å². The second kappa shape index (κ2) is 5.33. The van der Waals surface area contributed by atoms with Crippen LogP contribution in [0.1, 0.15) is 39.5 Å². The zero-order chi connectivity index (χ0) is 15.0. The molecule has 4 N–H and O–H groups in total. The van der Waals surface area contributed by atoms with E-state index in [-0.39, 0.29) is 19.1 Å². The van der Waals surface area contributed by atoms with Gasteiger partial charge in [-0.15, -0.1) is 0 Å². The Kier molecular flexibility index (Phi) is 4.07. The number of nitrogens with one attached hydrogen (secondary N) is 1. The Bertz CT molecular complexity index is 414. The van der Waals surface area contributed by atoms with Gasteiger partial charge in [-0.2, -0.15) is 0 Å². The first kappa shape index (κ1) is 15.3. The van der Waals surface area contributed by atoms with Gasteiger partial charge in [-0.3, -0.25) is 9.59 Å². The monoisotopic (exact) mass is 284 g/mol. The van der Waals surface area contributed by atoms with Crippen LogP contribution in [0.2, 0.25) is 0 Å². The van der Waals surface area contributed by atoms with Crippen molar-refractivity contribution in [1.29, 1.82) is 0 Å². The minimum Gasteiger partial charge on any atom is -0.481 e. The normalized spacial score (nSPS) is 41.4. The maximum Gasteiger partial charge on any atom is 0.313 e. The zero-order valence-corrected chi connectivity index (χ0v) is 12.1. The van der Waals surface area contributed by atoms with Crippen molar-refractivity contribution in [3.63, 3.8) is 0 Å². The molecule has 0 aromatic carbocycles. The van der Waals surface area contributed by atoms with Crippen molar-refractivity contribution in [1.82, 2.24) is 5.32 Å². The summed E-state index contributed by atoms with van der Waals surface area (Å²) in [6.45, 7) is 4.02. The third-order valence-corrected chi connectivity index (χ3v) is 4.73. The van der Waals surface area contributed by atoms with Crippen molar-refractivity contribution in [2.75, 3.05) is 13.2 Å². The summed E-state index contributed by atoms with van der Waals surface area (Å²) in [6, 6.07) is -0.523. The second-order valence-electron chi connectivity index (χ2n) is 6.62. The number of nitrogens with two attached hydrogens (primary N) is 1. The molecule has 1 amide bonds. The minimum absolute atomic E-state index is 0.112. The molecule has 114 valence electrons. The number of aliphatic carboxylic acids is 1. The van der Waals surface area contributed by atoms with Crippen molar-refractivity contribution in [2.45, 2.75) is 51.1 Å². The van der Waals surface area contributed by atoms with Gasteiger partial charge in [0, 0.05) is 0 Å².